The minimum absolute atomic E-state index is 0.293. The van der Waals surface area contributed by atoms with E-state index in [-0.39, 0.29) is 0 Å². The molecule has 1 N–H and O–H groups in total. The van der Waals surface area contributed by atoms with Gasteiger partial charge in [-0.2, -0.15) is 5.10 Å². The Balaban J connectivity index is 1.97. The number of hydrogen-bond donors (Lipinski definition) is 1. The van der Waals surface area contributed by atoms with Crippen LogP contribution in [0.25, 0.3) is 0 Å². The molecule has 0 aliphatic rings. The van der Waals surface area contributed by atoms with E-state index in [1.54, 1.807) is 0 Å². The van der Waals surface area contributed by atoms with Crippen LogP contribution in [0.2, 0.25) is 0 Å². The van der Waals surface area contributed by atoms with E-state index in [9.17, 15) is 0 Å². The van der Waals surface area contributed by atoms with Gasteiger partial charge < -0.3 is 5.32 Å². The molecule has 17 heavy (non-hydrogen) atoms. The molecule has 1 atom stereocenters. The largest absolute Gasteiger partial charge is 0.305 e. The van der Waals surface area contributed by atoms with Gasteiger partial charge in [0.15, 0.2) is 0 Å². The van der Waals surface area contributed by atoms with Crippen LogP contribution in [0.4, 0.5) is 0 Å². The standard InChI is InChI=1S/C13H16BrN3/c1-10(13-6-7-16-17(13)2)15-9-11-4-3-5-12(14)8-11/h3-8,10,15H,9H2,1-2H3. The SMILES string of the molecule is CC(NCc1cccc(Br)c1)c1ccnn1C. The molecule has 0 saturated heterocycles. The monoisotopic (exact) mass is 293 g/mol. The first-order valence-electron chi connectivity index (χ1n) is 5.62. The number of aryl methyl sites for hydroxylation is 1. The molecule has 90 valence electrons. The van der Waals surface area contributed by atoms with E-state index in [2.05, 4.69) is 51.5 Å². The van der Waals surface area contributed by atoms with Crippen LogP contribution in [0.1, 0.15) is 24.2 Å². The summed E-state index contributed by atoms with van der Waals surface area (Å²) < 4.78 is 3.02. The predicted octanol–water partition coefficient (Wildman–Crippen LogP) is 3.03. The van der Waals surface area contributed by atoms with Crippen molar-refractivity contribution < 1.29 is 0 Å². The summed E-state index contributed by atoms with van der Waals surface area (Å²) in [6.07, 6.45) is 1.83. The third kappa shape index (κ3) is 3.17. The van der Waals surface area contributed by atoms with Crippen LogP contribution in [0.5, 0.6) is 0 Å². The first kappa shape index (κ1) is 12.3. The zero-order valence-corrected chi connectivity index (χ0v) is 11.6. The highest BCUT2D eigenvalue weighted by atomic mass is 79.9. The maximum absolute atomic E-state index is 4.18. The van der Waals surface area contributed by atoms with E-state index >= 15 is 0 Å². The molecule has 1 heterocycles. The summed E-state index contributed by atoms with van der Waals surface area (Å²) in [4.78, 5) is 0. The average Bonchev–Trinajstić information content (AvgIpc) is 2.72. The van der Waals surface area contributed by atoms with Crippen LogP contribution in [0.3, 0.4) is 0 Å². The van der Waals surface area contributed by atoms with Crippen molar-refractivity contribution in [2.45, 2.75) is 19.5 Å². The number of aromatic nitrogens is 2. The Morgan fingerprint density at radius 1 is 1.41 bits per heavy atom. The minimum atomic E-state index is 0.293. The Morgan fingerprint density at radius 3 is 2.88 bits per heavy atom. The van der Waals surface area contributed by atoms with Crippen molar-refractivity contribution in [2.24, 2.45) is 7.05 Å². The van der Waals surface area contributed by atoms with Crippen molar-refractivity contribution in [1.82, 2.24) is 15.1 Å². The van der Waals surface area contributed by atoms with Crippen LogP contribution in [0, 0.1) is 0 Å². The first-order chi connectivity index (χ1) is 8.16. The van der Waals surface area contributed by atoms with Gasteiger partial charge in [0, 0.05) is 30.3 Å². The van der Waals surface area contributed by atoms with Crippen LogP contribution in [-0.2, 0) is 13.6 Å². The van der Waals surface area contributed by atoms with E-state index < -0.39 is 0 Å². The number of nitrogens with one attached hydrogen (secondary N) is 1. The third-order valence-corrected chi connectivity index (χ3v) is 3.30. The van der Waals surface area contributed by atoms with Gasteiger partial charge in [-0.15, -0.1) is 0 Å². The van der Waals surface area contributed by atoms with E-state index in [0.717, 1.165) is 11.0 Å². The highest BCUT2D eigenvalue weighted by Gasteiger charge is 2.08. The van der Waals surface area contributed by atoms with Crippen molar-refractivity contribution in [2.75, 3.05) is 0 Å². The molecule has 3 nitrogen and oxygen atoms in total. The second kappa shape index (κ2) is 5.47. The van der Waals surface area contributed by atoms with E-state index in [1.165, 1.54) is 11.3 Å². The molecule has 2 aromatic rings. The lowest BCUT2D eigenvalue weighted by Gasteiger charge is -2.14. The molecule has 0 radical (unpaired) electrons. The van der Waals surface area contributed by atoms with Gasteiger partial charge in [-0.05, 0) is 30.7 Å². The van der Waals surface area contributed by atoms with Gasteiger partial charge in [-0.25, -0.2) is 0 Å². The normalized spacial score (nSPS) is 12.6. The van der Waals surface area contributed by atoms with Crippen molar-refractivity contribution in [1.29, 1.82) is 0 Å². The van der Waals surface area contributed by atoms with Crippen molar-refractivity contribution in [3.8, 4) is 0 Å². The first-order valence-corrected chi connectivity index (χ1v) is 6.42. The fourth-order valence-corrected chi connectivity index (χ4v) is 2.28. The zero-order chi connectivity index (χ0) is 12.3. The molecule has 1 unspecified atom stereocenters. The Morgan fingerprint density at radius 2 is 2.24 bits per heavy atom. The van der Waals surface area contributed by atoms with Crippen LogP contribution >= 0.6 is 15.9 Å². The summed E-state index contributed by atoms with van der Waals surface area (Å²) in [5.74, 6) is 0. The number of rotatable bonds is 4. The Kier molecular flexibility index (Phi) is 3.97. The highest BCUT2D eigenvalue weighted by molar-refractivity contribution is 9.10. The van der Waals surface area contributed by atoms with Gasteiger partial charge in [-0.3, -0.25) is 4.68 Å². The van der Waals surface area contributed by atoms with E-state index in [4.69, 9.17) is 0 Å². The average molecular weight is 294 g/mol. The molecule has 0 bridgehead atoms. The Labute approximate surface area is 110 Å². The molecule has 0 aliphatic heterocycles. The lowest BCUT2D eigenvalue weighted by atomic mass is 10.2. The van der Waals surface area contributed by atoms with Gasteiger partial charge >= 0.3 is 0 Å². The van der Waals surface area contributed by atoms with Crippen LogP contribution in [-0.4, -0.2) is 9.78 Å². The Bertz CT molecular complexity index is 493. The lowest BCUT2D eigenvalue weighted by molar-refractivity contribution is 0.530. The quantitative estimate of drug-likeness (QED) is 0.939. The summed E-state index contributed by atoms with van der Waals surface area (Å²) in [5.41, 5.74) is 2.47. The van der Waals surface area contributed by atoms with Gasteiger partial charge in [0.1, 0.15) is 0 Å². The van der Waals surface area contributed by atoms with Gasteiger partial charge in [0.25, 0.3) is 0 Å². The molecular weight excluding hydrogens is 278 g/mol. The summed E-state index contributed by atoms with van der Waals surface area (Å²) >= 11 is 3.48. The summed E-state index contributed by atoms with van der Waals surface area (Å²) in [6.45, 7) is 3.00. The fourth-order valence-electron chi connectivity index (χ4n) is 1.83. The second-order valence-corrected chi connectivity index (χ2v) is 5.03. The number of hydrogen-bond acceptors (Lipinski definition) is 2. The fraction of sp³-hybridized carbons (Fsp3) is 0.308. The molecule has 0 spiro atoms. The Hall–Kier alpha value is -1.13. The number of benzene rings is 1. The molecule has 0 amide bonds. The second-order valence-electron chi connectivity index (χ2n) is 4.11. The number of nitrogens with zero attached hydrogens (tertiary/aromatic N) is 2. The van der Waals surface area contributed by atoms with Crippen LogP contribution < -0.4 is 5.32 Å². The smallest absolute Gasteiger partial charge is 0.0547 e. The highest BCUT2D eigenvalue weighted by Crippen LogP contribution is 2.14. The van der Waals surface area contributed by atoms with Crippen molar-refractivity contribution in [3.63, 3.8) is 0 Å². The van der Waals surface area contributed by atoms with Crippen molar-refractivity contribution in [3.05, 3.63) is 52.3 Å². The maximum atomic E-state index is 4.18. The molecule has 0 saturated carbocycles. The van der Waals surface area contributed by atoms with Crippen LogP contribution in [0.15, 0.2) is 41.0 Å². The summed E-state index contributed by atoms with van der Waals surface area (Å²) in [6, 6.07) is 10.7. The van der Waals surface area contributed by atoms with E-state index in [1.807, 2.05) is 30.1 Å². The maximum Gasteiger partial charge on any atom is 0.0547 e. The molecular formula is C13H16BrN3. The van der Waals surface area contributed by atoms with Gasteiger partial charge in [0.05, 0.1) is 5.69 Å². The lowest BCUT2D eigenvalue weighted by Crippen LogP contribution is -2.20. The number of halogens is 1. The summed E-state index contributed by atoms with van der Waals surface area (Å²) in [7, 11) is 1.96. The molecule has 4 heteroatoms. The van der Waals surface area contributed by atoms with Gasteiger partial charge in [-0.1, -0.05) is 28.1 Å². The molecule has 0 fully saturated rings. The molecule has 2 rings (SSSR count). The molecule has 0 aliphatic carbocycles. The topological polar surface area (TPSA) is 29.9 Å². The predicted molar refractivity (Wildman–Crippen MR) is 72.6 cm³/mol. The molecule has 1 aromatic heterocycles. The van der Waals surface area contributed by atoms with Crippen molar-refractivity contribution >= 4 is 15.9 Å². The summed E-state index contributed by atoms with van der Waals surface area (Å²) in [5, 5.41) is 7.66. The minimum Gasteiger partial charge on any atom is -0.305 e. The molecule has 1 aromatic carbocycles. The van der Waals surface area contributed by atoms with Gasteiger partial charge in [0.2, 0.25) is 0 Å². The third-order valence-electron chi connectivity index (χ3n) is 2.80. The van der Waals surface area contributed by atoms with E-state index in [0.29, 0.717) is 6.04 Å². The zero-order valence-electron chi connectivity index (χ0n) is 10.0.